The Bertz CT molecular complexity index is 645. The molecule has 3 aromatic carbocycles. The van der Waals surface area contributed by atoms with E-state index in [2.05, 4.69) is 129 Å². The third-order valence-electron chi connectivity index (χ3n) is 3.39. The molecule has 0 spiro atoms. The van der Waals surface area contributed by atoms with Gasteiger partial charge in [0.25, 0.3) is 0 Å². The van der Waals surface area contributed by atoms with E-state index in [4.69, 9.17) is 0 Å². The SMILES string of the molecule is Cc1ccccc1P(c1ccccc1)c1ccccc1.II. The Labute approximate surface area is 157 Å². The van der Waals surface area contributed by atoms with Crippen LogP contribution < -0.4 is 15.9 Å². The molecule has 0 saturated heterocycles. The van der Waals surface area contributed by atoms with Crippen molar-refractivity contribution in [3.05, 3.63) is 90.5 Å². The van der Waals surface area contributed by atoms with E-state index in [9.17, 15) is 0 Å². The number of aryl methyl sites for hydroxylation is 1. The predicted octanol–water partition coefficient (Wildman–Crippen LogP) is 5.52. The summed E-state index contributed by atoms with van der Waals surface area (Å²) in [7, 11) is -0.467. The molecule has 0 fully saturated rings. The van der Waals surface area contributed by atoms with Crippen LogP contribution in [0.2, 0.25) is 0 Å². The molecule has 0 atom stereocenters. The van der Waals surface area contributed by atoms with E-state index in [1.54, 1.807) is 0 Å². The van der Waals surface area contributed by atoms with Crippen LogP contribution in [0.3, 0.4) is 0 Å². The van der Waals surface area contributed by atoms with Crippen LogP contribution in [0.15, 0.2) is 84.9 Å². The fourth-order valence-corrected chi connectivity index (χ4v) is 4.85. The molecule has 0 aliphatic heterocycles. The molecule has 0 amide bonds. The predicted molar refractivity (Wildman–Crippen MR) is 118 cm³/mol. The molecule has 22 heavy (non-hydrogen) atoms. The van der Waals surface area contributed by atoms with Gasteiger partial charge in [0.05, 0.1) is 0 Å². The summed E-state index contributed by atoms with van der Waals surface area (Å²) in [6, 6.07) is 30.4. The normalized spacial score (nSPS) is 10.0. The second kappa shape index (κ2) is 9.64. The Hall–Kier alpha value is -0.450. The molecule has 0 aliphatic rings. The van der Waals surface area contributed by atoms with E-state index in [0.29, 0.717) is 0 Å². The number of rotatable bonds is 3. The first-order valence-electron chi connectivity index (χ1n) is 6.96. The zero-order valence-electron chi connectivity index (χ0n) is 12.3. The number of benzene rings is 3. The number of hydrogen-bond acceptors (Lipinski definition) is 0. The van der Waals surface area contributed by atoms with Crippen LogP contribution in [0.5, 0.6) is 0 Å². The minimum absolute atomic E-state index is 0.467. The van der Waals surface area contributed by atoms with Crippen molar-refractivity contribution in [2.45, 2.75) is 6.92 Å². The Morgan fingerprint density at radius 2 is 1.00 bits per heavy atom. The lowest BCUT2D eigenvalue weighted by Gasteiger charge is -2.21. The maximum atomic E-state index is 2.26. The van der Waals surface area contributed by atoms with Crippen LogP contribution >= 0.6 is 45.2 Å². The molecule has 0 radical (unpaired) electrons. The lowest BCUT2D eigenvalue weighted by atomic mass is 10.2. The highest BCUT2D eigenvalue weighted by atomic mass is 128. The summed E-state index contributed by atoms with van der Waals surface area (Å²) in [6.07, 6.45) is 0. The second-order valence-corrected chi connectivity index (χ2v) is 6.98. The van der Waals surface area contributed by atoms with Crippen LogP contribution in [0.25, 0.3) is 0 Å². The van der Waals surface area contributed by atoms with E-state index in [1.165, 1.54) is 21.5 Å². The van der Waals surface area contributed by atoms with E-state index in [-0.39, 0.29) is 0 Å². The molecule has 112 valence electrons. The van der Waals surface area contributed by atoms with Crippen LogP contribution in [-0.2, 0) is 0 Å². The maximum Gasteiger partial charge on any atom is 0 e. The highest BCUT2D eigenvalue weighted by molar-refractivity contribution is 15.0. The Kier molecular flexibility index (Phi) is 7.84. The van der Waals surface area contributed by atoms with Gasteiger partial charge in [-0.1, -0.05) is 84.9 Å². The van der Waals surface area contributed by atoms with Crippen molar-refractivity contribution in [2.75, 3.05) is 0 Å². The van der Waals surface area contributed by atoms with Gasteiger partial charge < -0.3 is 0 Å². The van der Waals surface area contributed by atoms with Gasteiger partial charge >= 0.3 is 0 Å². The van der Waals surface area contributed by atoms with Gasteiger partial charge in [-0.2, -0.15) is 0 Å². The van der Waals surface area contributed by atoms with Crippen LogP contribution in [0.4, 0.5) is 0 Å². The van der Waals surface area contributed by atoms with E-state index in [1.807, 2.05) is 0 Å². The first-order valence-corrected chi connectivity index (χ1v) is 14.6. The van der Waals surface area contributed by atoms with Crippen LogP contribution in [0.1, 0.15) is 5.56 Å². The summed E-state index contributed by atoms with van der Waals surface area (Å²) in [4.78, 5) is 0. The lowest BCUT2D eigenvalue weighted by Crippen LogP contribution is -2.22. The molecule has 3 rings (SSSR count). The molecule has 3 aromatic rings. The Morgan fingerprint density at radius 1 is 0.591 bits per heavy atom. The number of halogens is 2. The summed E-state index contributed by atoms with van der Waals surface area (Å²) >= 11 is 4.24. The first kappa shape index (κ1) is 17.9. The molecule has 0 N–H and O–H groups in total. The molecule has 0 heterocycles. The molecular weight excluding hydrogens is 513 g/mol. The molecule has 3 heteroatoms. The van der Waals surface area contributed by atoms with Gasteiger partial charge in [0.1, 0.15) is 0 Å². The molecular formula is C19H17I2P. The van der Waals surface area contributed by atoms with Gasteiger partial charge in [0, 0.05) is 37.2 Å². The van der Waals surface area contributed by atoms with Gasteiger partial charge in [-0.25, -0.2) is 0 Å². The van der Waals surface area contributed by atoms with Crippen molar-refractivity contribution in [1.82, 2.24) is 0 Å². The quantitative estimate of drug-likeness (QED) is 0.309. The second-order valence-electron chi connectivity index (χ2n) is 4.79. The van der Waals surface area contributed by atoms with Gasteiger partial charge in [-0.05, 0) is 36.3 Å². The fraction of sp³-hybridized carbons (Fsp3) is 0.0526. The standard InChI is InChI=1S/C19H17P.I2/c1-16-10-8-9-15-19(16)20(17-11-4-2-5-12-17)18-13-6-3-7-14-18;1-2/h2-15H,1H3;. The topological polar surface area (TPSA) is 0 Å². The van der Waals surface area contributed by atoms with Gasteiger partial charge in [-0.3, -0.25) is 0 Å². The molecule has 0 unspecified atom stereocenters. The van der Waals surface area contributed by atoms with Crippen molar-refractivity contribution in [3.8, 4) is 0 Å². The lowest BCUT2D eigenvalue weighted by molar-refractivity contribution is 1.52. The zero-order chi connectivity index (χ0) is 15.8. The average Bonchev–Trinajstić information content (AvgIpc) is 2.61. The first-order chi connectivity index (χ1) is 10.9. The molecule has 0 nitrogen and oxygen atoms in total. The van der Waals surface area contributed by atoms with Crippen molar-refractivity contribution >= 4 is 61.1 Å². The minimum Gasteiger partial charge on any atom is -0.0622 e. The van der Waals surface area contributed by atoms with Crippen LogP contribution in [-0.4, -0.2) is 0 Å². The minimum atomic E-state index is -0.467. The average molecular weight is 530 g/mol. The highest BCUT2D eigenvalue weighted by Gasteiger charge is 2.17. The summed E-state index contributed by atoms with van der Waals surface area (Å²) in [5, 5.41) is 4.26. The van der Waals surface area contributed by atoms with Crippen molar-refractivity contribution in [3.63, 3.8) is 0 Å². The summed E-state index contributed by atoms with van der Waals surface area (Å²) in [5.41, 5.74) is 1.37. The summed E-state index contributed by atoms with van der Waals surface area (Å²) < 4.78 is 0. The van der Waals surface area contributed by atoms with E-state index in [0.717, 1.165) is 0 Å². The van der Waals surface area contributed by atoms with Gasteiger partial charge in [-0.15, -0.1) is 0 Å². The fourth-order valence-electron chi connectivity index (χ4n) is 2.40. The molecule has 0 saturated carbocycles. The Balaban J connectivity index is 0.000000847. The van der Waals surface area contributed by atoms with E-state index >= 15 is 0 Å². The molecule has 0 aliphatic carbocycles. The van der Waals surface area contributed by atoms with Crippen LogP contribution in [0, 0.1) is 6.92 Å². The monoisotopic (exact) mass is 530 g/mol. The zero-order valence-corrected chi connectivity index (χ0v) is 17.5. The van der Waals surface area contributed by atoms with Crippen molar-refractivity contribution < 1.29 is 0 Å². The third kappa shape index (κ3) is 4.53. The maximum absolute atomic E-state index is 2.26. The van der Waals surface area contributed by atoms with Crippen molar-refractivity contribution in [1.29, 1.82) is 0 Å². The largest absolute Gasteiger partial charge is 0.0622 e. The Morgan fingerprint density at radius 3 is 1.45 bits per heavy atom. The molecule has 0 aromatic heterocycles. The van der Waals surface area contributed by atoms with E-state index < -0.39 is 7.92 Å². The third-order valence-corrected chi connectivity index (χ3v) is 6.00. The summed E-state index contributed by atoms with van der Waals surface area (Å²) in [5.74, 6) is 0. The van der Waals surface area contributed by atoms with Gasteiger partial charge in [0.15, 0.2) is 0 Å². The smallest absolute Gasteiger partial charge is 0 e. The highest BCUT2D eigenvalue weighted by Crippen LogP contribution is 2.33. The summed E-state index contributed by atoms with van der Waals surface area (Å²) in [6.45, 7) is 2.20. The number of hydrogen-bond donors (Lipinski definition) is 0. The molecule has 0 bridgehead atoms. The van der Waals surface area contributed by atoms with Crippen molar-refractivity contribution in [2.24, 2.45) is 0 Å². The van der Waals surface area contributed by atoms with Gasteiger partial charge in [0.2, 0.25) is 0 Å².